The van der Waals surface area contributed by atoms with Crippen molar-refractivity contribution in [2.75, 3.05) is 0 Å². The predicted octanol–water partition coefficient (Wildman–Crippen LogP) is 9.58. The van der Waals surface area contributed by atoms with Crippen molar-refractivity contribution < 1.29 is 2.74 Å². The van der Waals surface area contributed by atoms with Crippen LogP contribution < -0.4 is 0 Å². The number of pyridine rings is 1. The van der Waals surface area contributed by atoms with E-state index < -0.39 is 0 Å². The maximum Gasteiger partial charge on any atom is 0.138 e. The van der Waals surface area contributed by atoms with Gasteiger partial charge in [0.25, 0.3) is 0 Å². The summed E-state index contributed by atoms with van der Waals surface area (Å²) in [4.78, 5) is 4.95. The summed E-state index contributed by atoms with van der Waals surface area (Å²) < 4.78 is 22.2. The van der Waals surface area contributed by atoms with Crippen molar-refractivity contribution in [2.45, 2.75) is 0 Å². The molecule has 186 valence electrons. The Morgan fingerprint density at radius 1 is 0.475 bits per heavy atom. The van der Waals surface area contributed by atoms with Gasteiger partial charge in [-0.25, -0.2) is 4.98 Å². The maximum atomic E-state index is 9.01. The molecule has 0 saturated carbocycles. The SMILES string of the molecule is [2H]c1c(-n2c3ccccc3c3c4c5ccccc5n(-c5ccc6ccccc6c5)c4ccc32)nc2ccccc2c1[2H]. The Kier molecular flexibility index (Phi) is 3.95. The first kappa shape index (κ1) is 19.6. The number of benzene rings is 6. The van der Waals surface area contributed by atoms with Gasteiger partial charge in [0.15, 0.2) is 0 Å². The Hall–Kier alpha value is -5.41. The van der Waals surface area contributed by atoms with Crippen molar-refractivity contribution >= 4 is 65.3 Å². The number of hydrogen-bond donors (Lipinski definition) is 0. The minimum Gasteiger partial charge on any atom is -0.309 e. The summed E-state index contributed by atoms with van der Waals surface area (Å²) in [5, 5.41) is 7.68. The third-order valence-corrected chi connectivity index (χ3v) is 8.11. The lowest BCUT2D eigenvalue weighted by molar-refractivity contribution is 1.10. The van der Waals surface area contributed by atoms with Gasteiger partial charge in [-0.2, -0.15) is 0 Å². The highest BCUT2D eigenvalue weighted by Gasteiger charge is 2.20. The van der Waals surface area contributed by atoms with Gasteiger partial charge in [-0.15, -0.1) is 0 Å². The Bertz CT molecular complexity index is 2560. The smallest absolute Gasteiger partial charge is 0.138 e. The highest BCUT2D eigenvalue weighted by Crippen LogP contribution is 2.42. The highest BCUT2D eigenvalue weighted by atomic mass is 15.1. The lowest BCUT2D eigenvalue weighted by Gasteiger charge is -2.10. The number of rotatable bonds is 2. The summed E-state index contributed by atoms with van der Waals surface area (Å²) in [6, 6.07) is 44.3. The molecule has 9 aromatic rings. The van der Waals surface area contributed by atoms with Crippen LogP contribution in [0, 0.1) is 0 Å². The fraction of sp³-hybridized carbons (Fsp3) is 0. The molecule has 3 nitrogen and oxygen atoms in total. The van der Waals surface area contributed by atoms with Crippen molar-refractivity contribution in [2.24, 2.45) is 0 Å². The number of nitrogens with zero attached hydrogens (tertiary/aromatic N) is 3. The molecular weight excluding hydrogens is 486 g/mol. The normalized spacial score (nSPS) is 12.7. The van der Waals surface area contributed by atoms with Crippen molar-refractivity contribution in [3.8, 4) is 11.5 Å². The number of fused-ring (bicyclic) bond motifs is 9. The van der Waals surface area contributed by atoms with Gasteiger partial charge in [-0.3, -0.25) is 4.57 Å². The van der Waals surface area contributed by atoms with Crippen LogP contribution in [0.15, 0.2) is 139 Å². The van der Waals surface area contributed by atoms with E-state index in [9.17, 15) is 0 Å². The minimum atomic E-state index is 0.120. The third kappa shape index (κ3) is 2.92. The molecule has 40 heavy (non-hydrogen) atoms. The van der Waals surface area contributed by atoms with Gasteiger partial charge in [0.2, 0.25) is 0 Å². The zero-order chi connectivity index (χ0) is 27.9. The number of para-hydroxylation sites is 3. The quantitative estimate of drug-likeness (QED) is 0.227. The Morgan fingerprint density at radius 2 is 1.07 bits per heavy atom. The van der Waals surface area contributed by atoms with Crippen LogP contribution in [-0.2, 0) is 0 Å². The van der Waals surface area contributed by atoms with Crippen molar-refractivity contribution in [3.63, 3.8) is 0 Å². The summed E-state index contributed by atoms with van der Waals surface area (Å²) in [5.41, 5.74) is 6.05. The lowest BCUT2D eigenvalue weighted by Crippen LogP contribution is -1.97. The second-order valence-electron chi connectivity index (χ2n) is 10.3. The van der Waals surface area contributed by atoms with Gasteiger partial charge in [-0.1, -0.05) is 84.9 Å². The van der Waals surface area contributed by atoms with E-state index in [-0.39, 0.29) is 12.1 Å². The van der Waals surface area contributed by atoms with Crippen LogP contribution in [0.4, 0.5) is 0 Å². The van der Waals surface area contributed by atoms with Gasteiger partial charge in [0.1, 0.15) is 5.82 Å². The first-order chi connectivity index (χ1) is 20.7. The second kappa shape index (κ2) is 8.05. The fourth-order valence-corrected chi connectivity index (χ4v) is 6.39. The first-order valence-electron chi connectivity index (χ1n) is 14.5. The molecule has 0 saturated heterocycles. The molecule has 3 aromatic heterocycles. The van der Waals surface area contributed by atoms with Gasteiger partial charge >= 0.3 is 0 Å². The molecular formula is C37H23N3. The molecule has 9 rings (SSSR count). The molecule has 0 aliphatic rings. The van der Waals surface area contributed by atoms with Gasteiger partial charge in [0.05, 0.1) is 30.3 Å². The largest absolute Gasteiger partial charge is 0.309 e. The Labute approximate surface area is 233 Å². The van der Waals surface area contributed by atoms with Gasteiger partial charge in [-0.05, 0) is 65.3 Å². The number of hydrogen-bond acceptors (Lipinski definition) is 1. The number of aromatic nitrogens is 3. The monoisotopic (exact) mass is 511 g/mol. The molecule has 0 fully saturated rings. The zero-order valence-corrected chi connectivity index (χ0v) is 21.5. The van der Waals surface area contributed by atoms with E-state index in [2.05, 4.69) is 106 Å². The summed E-state index contributed by atoms with van der Waals surface area (Å²) in [7, 11) is 0. The third-order valence-electron chi connectivity index (χ3n) is 8.11. The standard InChI is InChI=1S/C37H23N3/c1-2-11-26-23-27(19-17-24(26)9-1)39-31-15-7-4-12-28(31)36-33(39)20-21-34-37(36)29-13-5-8-16-32(29)40(34)35-22-18-25-10-3-6-14-30(25)38-35/h1-23H/i18D,22D. The summed E-state index contributed by atoms with van der Waals surface area (Å²) in [5.74, 6) is 0.475. The second-order valence-corrected chi connectivity index (χ2v) is 10.3. The van der Waals surface area contributed by atoms with E-state index in [1.165, 1.54) is 21.5 Å². The maximum absolute atomic E-state index is 9.01. The van der Waals surface area contributed by atoms with Gasteiger partial charge < -0.3 is 4.57 Å². The molecule has 3 heterocycles. The molecule has 0 atom stereocenters. The molecule has 0 amide bonds. The molecule has 0 aliphatic carbocycles. The van der Waals surface area contributed by atoms with Crippen LogP contribution >= 0.6 is 0 Å². The highest BCUT2D eigenvalue weighted by molar-refractivity contribution is 6.28. The van der Waals surface area contributed by atoms with Crippen LogP contribution in [0.25, 0.3) is 76.8 Å². The van der Waals surface area contributed by atoms with Crippen LogP contribution in [0.1, 0.15) is 2.74 Å². The molecule has 6 aromatic carbocycles. The van der Waals surface area contributed by atoms with Crippen molar-refractivity contribution in [3.05, 3.63) is 139 Å². The summed E-state index contributed by atoms with van der Waals surface area (Å²) >= 11 is 0. The van der Waals surface area contributed by atoms with Crippen molar-refractivity contribution in [1.82, 2.24) is 14.1 Å². The average Bonchev–Trinajstić information content (AvgIpc) is 3.55. The van der Waals surface area contributed by atoms with E-state index in [1.807, 2.05) is 30.3 Å². The van der Waals surface area contributed by atoms with Crippen LogP contribution in [0.3, 0.4) is 0 Å². The van der Waals surface area contributed by atoms with Crippen LogP contribution in [0.2, 0.25) is 0 Å². The van der Waals surface area contributed by atoms with E-state index in [0.29, 0.717) is 16.7 Å². The van der Waals surface area contributed by atoms with E-state index >= 15 is 0 Å². The summed E-state index contributed by atoms with van der Waals surface area (Å²) in [6.07, 6.45) is 0. The van der Waals surface area contributed by atoms with E-state index in [0.717, 1.165) is 38.5 Å². The van der Waals surface area contributed by atoms with Crippen molar-refractivity contribution in [1.29, 1.82) is 0 Å². The van der Waals surface area contributed by atoms with E-state index in [1.54, 1.807) is 0 Å². The molecule has 0 aliphatic heterocycles. The zero-order valence-electron chi connectivity index (χ0n) is 23.5. The van der Waals surface area contributed by atoms with Gasteiger partial charge in [0, 0.05) is 32.6 Å². The Balaban J connectivity index is 1.45. The molecule has 0 N–H and O–H groups in total. The molecule has 0 spiro atoms. The Morgan fingerprint density at radius 3 is 1.85 bits per heavy atom. The average molecular weight is 512 g/mol. The molecule has 0 unspecified atom stereocenters. The molecule has 0 radical (unpaired) electrons. The lowest BCUT2D eigenvalue weighted by atomic mass is 10.1. The minimum absolute atomic E-state index is 0.120. The molecule has 0 bridgehead atoms. The predicted molar refractivity (Wildman–Crippen MR) is 168 cm³/mol. The first-order valence-corrected chi connectivity index (χ1v) is 13.5. The molecule has 3 heteroatoms. The van der Waals surface area contributed by atoms with E-state index in [4.69, 9.17) is 7.73 Å². The summed E-state index contributed by atoms with van der Waals surface area (Å²) in [6.45, 7) is 0. The topological polar surface area (TPSA) is 22.8 Å². The fourth-order valence-electron chi connectivity index (χ4n) is 6.39. The van der Waals surface area contributed by atoms with Crippen LogP contribution in [-0.4, -0.2) is 14.1 Å². The van der Waals surface area contributed by atoms with Crippen LogP contribution in [0.5, 0.6) is 0 Å².